The molecule has 2 fully saturated rings. The molecule has 3 aliphatic rings. The molecular formula is C25H38O3. The van der Waals surface area contributed by atoms with Crippen LogP contribution in [0.5, 0.6) is 0 Å². The smallest absolute Gasteiger partial charge is 0.155 e. The van der Waals surface area contributed by atoms with Crippen LogP contribution in [-0.4, -0.2) is 17.3 Å². The number of carbonyl (C=O) groups is 3. The molecule has 156 valence electrons. The van der Waals surface area contributed by atoms with Crippen LogP contribution in [0.4, 0.5) is 0 Å². The van der Waals surface area contributed by atoms with Gasteiger partial charge in [-0.2, -0.15) is 0 Å². The minimum absolute atomic E-state index is 0.00997. The van der Waals surface area contributed by atoms with Crippen LogP contribution < -0.4 is 0 Å². The van der Waals surface area contributed by atoms with Crippen molar-refractivity contribution in [2.24, 2.45) is 46.8 Å². The fourth-order valence-electron chi connectivity index (χ4n) is 6.66. The summed E-state index contributed by atoms with van der Waals surface area (Å²) >= 11 is 0. The quantitative estimate of drug-likeness (QED) is 0.612. The van der Waals surface area contributed by atoms with Gasteiger partial charge in [-0.15, -0.1) is 0 Å². The Bertz CT molecular complexity index is 688. The van der Waals surface area contributed by atoms with Crippen molar-refractivity contribution in [1.29, 1.82) is 0 Å². The summed E-state index contributed by atoms with van der Waals surface area (Å²) in [6, 6.07) is 0. The van der Waals surface area contributed by atoms with Crippen molar-refractivity contribution in [3.05, 3.63) is 11.6 Å². The van der Waals surface area contributed by atoms with Crippen LogP contribution in [0.1, 0.15) is 80.1 Å². The van der Waals surface area contributed by atoms with Gasteiger partial charge in [-0.3, -0.25) is 14.4 Å². The highest BCUT2D eigenvalue weighted by Gasteiger charge is 2.56. The van der Waals surface area contributed by atoms with Crippen LogP contribution >= 0.6 is 0 Å². The minimum Gasteiger partial charge on any atom is -0.299 e. The van der Waals surface area contributed by atoms with E-state index < -0.39 is 0 Å². The molecular weight excluding hydrogens is 348 g/mol. The van der Waals surface area contributed by atoms with Gasteiger partial charge in [0.05, 0.1) is 0 Å². The maximum absolute atomic E-state index is 13.1. The molecule has 28 heavy (non-hydrogen) atoms. The summed E-state index contributed by atoms with van der Waals surface area (Å²) in [6.45, 7) is 12.6. The molecule has 0 aromatic heterocycles. The summed E-state index contributed by atoms with van der Waals surface area (Å²) in [6.07, 6.45) is 7.18. The highest BCUT2D eigenvalue weighted by Crippen LogP contribution is 2.56. The highest BCUT2D eigenvalue weighted by molar-refractivity contribution is 5.94. The number of hydrogen-bond donors (Lipinski definition) is 0. The molecule has 3 heteroatoms. The second kappa shape index (κ2) is 7.88. The van der Waals surface area contributed by atoms with E-state index in [4.69, 9.17) is 0 Å². The molecule has 0 aromatic carbocycles. The number of ketones is 3. The molecule has 0 bridgehead atoms. The third kappa shape index (κ3) is 3.78. The van der Waals surface area contributed by atoms with E-state index in [9.17, 15) is 14.4 Å². The predicted molar refractivity (Wildman–Crippen MR) is 112 cm³/mol. The third-order valence-electron chi connectivity index (χ3n) is 8.34. The van der Waals surface area contributed by atoms with Crippen LogP contribution in [0.2, 0.25) is 0 Å². The summed E-state index contributed by atoms with van der Waals surface area (Å²) in [5.74, 6) is 2.83. The van der Waals surface area contributed by atoms with E-state index in [1.807, 2.05) is 0 Å². The second-order valence-corrected chi connectivity index (χ2v) is 10.7. The Kier molecular flexibility index (Phi) is 6.04. The van der Waals surface area contributed by atoms with Gasteiger partial charge in [0.1, 0.15) is 11.6 Å². The first-order valence-electron chi connectivity index (χ1n) is 11.3. The van der Waals surface area contributed by atoms with E-state index in [2.05, 4.69) is 40.7 Å². The van der Waals surface area contributed by atoms with Crippen LogP contribution in [0.3, 0.4) is 0 Å². The zero-order valence-corrected chi connectivity index (χ0v) is 18.6. The van der Waals surface area contributed by atoms with Crippen molar-refractivity contribution >= 4 is 17.3 Å². The third-order valence-corrected chi connectivity index (χ3v) is 8.34. The monoisotopic (exact) mass is 386 g/mol. The van der Waals surface area contributed by atoms with Gasteiger partial charge in [0.2, 0.25) is 0 Å². The van der Waals surface area contributed by atoms with E-state index >= 15 is 0 Å². The van der Waals surface area contributed by atoms with Gasteiger partial charge in [0.15, 0.2) is 5.78 Å². The normalized spacial score (nSPS) is 39.2. The number of allylic oxidation sites excluding steroid dienone is 2. The largest absolute Gasteiger partial charge is 0.299 e. The van der Waals surface area contributed by atoms with Crippen molar-refractivity contribution < 1.29 is 14.4 Å². The van der Waals surface area contributed by atoms with Gasteiger partial charge in [-0.25, -0.2) is 0 Å². The summed E-state index contributed by atoms with van der Waals surface area (Å²) in [5.41, 5.74) is 0.993. The lowest BCUT2D eigenvalue weighted by atomic mass is 9.60. The summed E-state index contributed by atoms with van der Waals surface area (Å²) in [4.78, 5) is 37.6. The number of carbonyl (C=O) groups excluding carboxylic acids is 3. The highest BCUT2D eigenvalue weighted by atomic mass is 16.1. The van der Waals surface area contributed by atoms with Crippen LogP contribution in [0, 0.1) is 46.8 Å². The Hall–Kier alpha value is -1.25. The Morgan fingerprint density at radius 3 is 2.50 bits per heavy atom. The SMILES string of the molecule is CC(=O)C1=CC[C@@H](C)[C@@H]1CC[C@H](C)[C@H]1C[C@@]2(C)CC(=O)[C@H](C(C)C)[C@@H]2CC1=O. The van der Waals surface area contributed by atoms with E-state index in [0.29, 0.717) is 48.1 Å². The van der Waals surface area contributed by atoms with Crippen LogP contribution in [0.15, 0.2) is 11.6 Å². The minimum atomic E-state index is -0.00997. The van der Waals surface area contributed by atoms with Gasteiger partial charge in [0.25, 0.3) is 0 Å². The summed E-state index contributed by atoms with van der Waals surface area (Å²) in [7, 11) is 0. The van der Waals surface area contributed by atoms with Crippen molar-refractivity contribution in [1.82, 2.24) is 0 Å². The Balaban J connectivity index is 1.66. The van der Waals surface area contributed by atoms with Crippen LogP contribution in [-0.2, 0) is 14.4 Å². The Morgan fingerprint density at radius 2 is 1.89 bits per heavy atom. The van der Waals surface area contributed by atoms with Gasteiger partial charge in [0, 0.05) is 24.7 Å². The summed E-state index contributed by atoms with van der Waals surface area (Å²) in [5, 5.41) is 0. The fourth-order valence-corrected chi connectivity index (χ4v) is 6.66. The molecule has 0 saturated heterocycles. The molecule has 0 aliphatic heterocycles. The number of rotatable bonds is 6. The zero-order valence-electron chi connectivity index (χ0n) is 18.6. The maximum Gasteiger partial charge on any atom is 0.155 e. The molecule has 3 nitrogen and oxygen atoms in total. The molecule has 0 heterocycles. The molecule has 0 amide bonds. The average Bonchev–Trinajstić information content (AvgIpc) is 3.08. The first-order chi connectivity index (χ1) is 13.0. The van der Waals surface area contributed by atoms with Gasteiger partial charge < -0.3 is 0 Å². The Morgan fingerprint density at radius 1 is 1.21 bits per heavy atom. The number of hydrogen-bond acceptors (Lipinski definition) is 3. The maximum atomic E-state index is 13.1. The fraction of sp³-hybridized carbons (Fsp3) is 0.800. The van der Waals surface area contributed by atoms with Crippen molar-refractivity contribution in [3.8, 4) is 0 Å². The lowest BCUT2D eigenvalue weighted by molar-refractivity contribution is -0.133. The number of Topliss-reactive ketones (excluding diaryl/α,β-unsaturated/α-hetero) is 3. The molecule has 0 N–H and O–H groups in total. The van der Waals surface area contributed by atoms with E-state index in [0.717, 1.165) is 31.3 Å². The topological polar surface area (TPSA) is 51.2 Å². The molecule has 0 spiro atoms. The molecule has 0 unspecified atom stereocenters. The van der Waals surface area contributed by atoms with Gasteiger partial charge in [-0.1, -0.05) is 40.7 Å². The van der Waals surface area contributed by atoms with Crippen LogP contribution in [0.25, 0.3) is 0 Å². The predicted octanol–water partition coefficient (Wildman–Crippen LogP) is 5.42. The molecule has 2 saturated carbocycles. The Labute approximate surface area is 170 Å². The molecule has 0 radical (unpaired) electrons. The lowest BCUT2D eigenvalue weighted by Crippen LogP contribution is -2.41. The first kappa shape index (κ1) is 21.5. The summed E-state index contributed by atoms with van der Waals surface area (Å²) < 4.78 is 0. The lowest BCUT2D eigenvalue weighted by Gasteiger charge is -2.43. The standard InChI is InChI=1S/C25H38O3/c1-14(2)24-21-11-22(27)20(12-25(21,6)13-23(24)28)16(4)7-9-18-15(3)8-10-19(18)17(5)26/h10,14-16,18,20-21,24H,7-9,11-13H2,1-6H3/t15-,16+,18+,20-,21+,24-,25+/m1/s1. The molecule has 3 rings (SSSR count). The van der Waals surface area contributed by atoms with Gasteiger partial charge >= 0.3 is 0 Å². The molecule has 7 atom stereocenters. The number of fused-ring (bicyclic) bond motifs is 1. The first-order valence-corrected chi connectivity index (χ1v) is 11.3. The molecule has 3 aliphatic carbocycles. The van der Waals surface area contributed by atoms with Crippen molar-refractivity contribution in [2.75, 3.05) is 0 Å². The van der Waals surface area contributed by atoms with E-state index in [1.54, 1.807) is 6.92 Å². The van der Waals surface area contributed by atoms with Crippen molar-refractivity contribution in [3.63, 3.8) is 0 Å². The van der Waals surface area contributed by atoms with E-state index in [-0.39, 0.29) is 29.0 Å². The molecule has 0 aromatic rings. The van der Waals surface area contributed by atoms with Crippen molar-refractivity contribution in [2.45, 2.75) is 80.1 Å². The second-order valence-electron chi connectivity index (χ2n) is 10.7. The van der Waals surface area contributed by atoms with Gasteiger partial charge in [-0.05, 0) is 73.2 Å². The average molecular weight is 387 g/mol. The van der Waals surface area contributed by atoms with E-state index in [1.165, 1.54) is 0 Å². The zero-order chi connectivity index (χ0) is 20.8.